The summed E-state index contributed by atoms with van der Waals surface area (Å²) in [7, 11) is 3.02. The number of pyridine rings is 1. The third-order valence-corrected chi connectivity index (χ3v) is 3.83. The minimum absolute atomic E-state index is 0.326. The average molecular weight is 339 g/mol. The van der Waals surface area contributed by atoms with E-state index in [9.17, 15) is 9.59 Å². The highest BCUT2D eigenvalue weighted by Gasteiger charge is 2.23. The summed E-state index contributed by atoms with van der Waals surface area (Å²) in [5.41, 5.74) is 2.14. The Morgan fingerprint density at radius 2 is 1.92 bits per heavy atom. The summed E-state index contributed by atoms with van der Waals surface area (Å²) in [5.74, 6) is -0.411. The third-order valence-electron chi connectivity index (χ3n) is 3.83. The van der Waals surface area contributed by atoms with Gasteiger partial charge in [0.1, 0.15) is 5.75 Å². The number of aromatic amines is 1. The minimum Gasteiger partial charge on any atom is -0.497 e. The molecule has 25 heavy (non-hydrogen) atoms. The molecule has 0 unspecified atom stereocenters. The van der Waals surface area contributed by atoms with Crippen LogP contribution in [-0.2, 0) is 4.79 Å². The number of anilines is 1. The van der Waals surface area contributed by atoms with Gasteiger partial charge in [0.25, 0.3) is 11.7 Å². The van der Waals surface area contributed by atoms with Gasteiger partial charge in [-0.2, -0.15) is 0 Å². The number of fused-ring (bicyclic) bond motifs is 1. The standard InChI is InChI=1S/C18H17N3O4/c1-10-16(13-9-12(24-2)4-5-14(13)20-10)17(22)18(23)21-11-6-7-19-15(8-11)25-3/h4-9,20H,1-3H3,(H,19,21,23). The lowest BCUT2D eigenvalue weighted by Crippen LogP contribution is -2.23. The summed E-state index contributed by atoms with van der Waals surface area (Å²) in [6.45, 7) is 1.75. The van der Waals surface area contributed by atoms with Crippen LogP contribution in [0.3, 0.4) is 0 Å². The Balaban J connectivity index is 1.93. The molecule has 0 aliphatic heterocycles. The maximum Gasteiger partial charge on any atom is 0.296 e. The zero-order valence-corrected chi connectivity index (χ0v) is 14.0. The predicted molar refractivity (Wildman–Crippen MR) is 93.3 cm³/mol. The number of hydrogen-bond donors (Lipinski definition) is 2. The Bertz CT molecular complexity index is 962. The van der Waals surface area contributed by atoms with E-state index in [1.165, 1.54) is 19.4 Å². The van der Waals surface area contributed by atoms with Crippen LogP contribution in [0.25, 0.3) is 10.9 Å². The van der Waals surface area contributed by atoms with Crippen LogP contribution in [0.15, 0.2) is 36.5 Å². The number of benzene rings is 1. The molecule has 0 bridgehead atoms. The second kappa shape index (κ2) is 6.64. The van der Waals surface area contributed by atoms with E-state index in [1.54, 1.807) is 32.2 Å². The Kier molecular flexibility index (Phi) is 4.38. The second-order valence-electron chi connectivity index (χ2n) is 5.41. The molecular weight excluding hydrogens is 322 g/mol. The first kappa shape index (κ1) is 16.5. The molecule has 3 rings (SSSR count). The molecule has 0 aliphatic rings. The number of hydrogen-bond acceptors (Lipinski definition) is 5. The fourth-order valence-corrected chi connectivity index (χ4v) is 2.63. The number of H-pyrrole nitrogens is 1. The van der Waals surface area contributed by atoms with Crippen molar-refractivity contribution < 1.29 is 19.1 Å². The number of amides is 1. The second-order valence-corrected chi connectivity index (χ2v) is 5.41. The van der Waals surface area contributed by atoms with Crippen molar-refractivity contribution in [2.45, 2.75) is 6.92 Å². The SMILES string of the molecule is COc1ccc2[nH]c(C)c(C(=O)C(=O)Nc3ccnc(OC)c3)c2c1. The number of aromatic nitrogens is 2. The van der Waals surface area contributed by atoms with Crippen LogP contribution in [0.2, 0.25) is 0 Å². The molecule has 2 heterocycles. The van der Waals surface area contributed by atoms with E-state index in [0.717, 1.165) is 5.52 Å². The van der Waals surface area contributed by atoms with Gasteiger partial charge in [-0.1, -0.05) is 0 Å². The molecule has 3 aromatic rings. The molecule has 0 spiro atoms. The first-order chi connectivity index (χ1) is 12.0. The van der Waals surface area contributed by atoms with Gasteiger partial charge < -0.3 is 19.8 Å². The quantitative estimate of drug-likeness (QED) is 0.551. The normalized spacial score (nSPS) is 10.5. The van der Waals surface area contributed by atoms with Crippen molar-refractivity contribution in [3.8, 4) is 11.6 Å². The zero-order chi connectivity index (χ0) is 18.0. The van der Waals surface area contributed by atoms with Crippen molar-refractivity contribution in [2.75, 3.05) is 19.5 Å². The van der Waals surface area contributed by atoms with Gasteiger partial charge in [-0.15, -0.1) is 0 Å². The molecule has 2 aromatic heterocycles. The molecule has 0 fully saturated rings. The molecule has 0 saturated heterocycles. The highest BCUT2D eigenvalue weighted by molar-refractivity contribution is 6.48. The molecule has 0 atom stereocenters. The lowest BCUT2D eigenvalue weighted by atomic mass is 10.1. The van der Waals surface area contributed by atoms with Crippen molar-refractivity contribution >= 4 is 28.3 Å². The molecule has 0 aliphatic carbocycles. The Morgan fingerprint density at radius 3 is 2.64 bits per heavy atom. The zero-order valence-electron chi connectivity index (χ0n) is 14.0. The maximum atomic E-state index is 12.7. The number of nitrogens with one attached hydrogen (secondary N) is 2. The average Bonchev–Trinajstić information content (AvgIpc) is 2.95. The van der Waals surface area contributed by atoms with Gasteiger partial charge in [0, 0.05) is 34.5 Å². The Morgan fingerprint density at radius 1 is 1.12 bits per heavy atom. The molecule has 7 heteroatoms. The van der Waals surface area contributed by atoms with Gasteiger partial charge in [0.2, 0.25) is 5.88 Å². The highest BCUT2D eigenvalue weighted by atomic mass is 16.5. The number of carbonyl (C=O) groups is 2. The molecule has 0 radical (unpaired) electrons. The van der Waals surface area contributed by atoms with E-state index in [4.69, 9.17) is 9.47 Å². The van der Waals surface area contributed by atoms with Crippen LogP contribution in [0.4, 0.5) is 5.69 Å². The number of aryl methyl sites for hydroxylation is 1. The van der Waals surface area contributed by atoms with Gasteiger partial charge in [-0.3, -0.25) is 9.59 Å². The van der Waals surface area contributed by atoms with Crippen molar-refractivity contribution in [3.05, 3.63) is 47.8 Å². The summed E-state index contributed by atoms with van der Waals surface area (Å²) >= 11 is 0. The number of rotatable bonds is 5. The van der Waals surface area contributed by atoms with Gasteiger partial charge in [-0.25, -0.2) is 4.98 Å². The third kappa shape index (κ3) is 3.16. The molecule has 7 nitrogen and oxygen atoms in total. The summed E-state index contributed by atoms with van der Waals surface area (Å²) in [5, 5.41) is 3.21. The molecular formula is C18H17N3O4. The molecule has 1 aromatic carbocycles. The number of Topliss-reactive ketones (excluding diaryl/α,β-unsaturated/α-hetero) is 1. The molecule has 128 valence electrons. The molecule has 0 saturated carbocycles. The van der Waals surface area contributed by atoms with Gasteiger partial charge in [0.05, 0.1) is 19.8 Å². The van der Waals surface area contributed by atoms with Crippen LogP contribution < -0.4 is 14.8 Å². The van der Waals surface area contributed by atoms with E-state index in [1.807, 2.05) is 6.07 Å². The van der Waals surface area contributed by atoms with Crippen LogP contribution in [0.1, 0.15) is 16.1 Å². The first-order valence-electron chi connectivity index (χ1n) is 7.55. The number of ketones is 1. The largest absolute Gasteiger partial charge is 0.497 e. The van der Waals surface area contributed by atoms with E-state index >= 15 is 0 Å². The summed E-state index contributed by atoms with van der Waals surface area (Å²) in [6, 6.07) is 8.45. The van der Waals surface area contributed by atoms with Crippen molar-refractivity contribution in [1.82, 2.24) is 9.97 Å². The van der Waals surface area contributed by atoms with Crippen molar-refractivity contribution in [2.24, 2.45) is 0 Å². The van der Waals surface area contributed by atoms with Gasteiger partial charge in [-0.05, 0) is 31.2 Å². The highest BCUT2D eigenvalue weighted by Crippen LogP contribution is 2.27. The van der Waals surface area contributed by atoms with Crippen molar-refractivity contribution in [3.63, 3.8) is 0 Å². The summed E-state index contributed by atoms with van der Waals surface area (Å²) in [6.07, 6.45) is 1.49. The summed E-state index contributed by atoms with van der Waals surface area (Å²) in [4.78, 5) is 32.1. The maximum absolute atomic E-state index is 12.7. The fourth-order valence-electron chi connectivity index (χ4n) is 2.63. The number of ether oxygens (including phenoxy) is 2. The van der Waals surface area contributed by atoms with E-state index in [0.29, 0.717) is 34.0 Å². The first-order valence-corrected chi connectivity index (χ1v) is 7.55. The molecule has 1 amide bonds. The smallest absolute Gasteiger partial charge is 0.296 e. The predicted octanol–water partition coefficient (Wildman–Crippen LogP) is 2.71. The lowest BCUT2D eigenvalue weighted by Gasteiger charge is -2.06. The van der Waals surface area contributed by atoms with E-state index < -0.39 is 11.7 Å². The van der Waals surface area contributed by atoms with Crippen LogP contribution in [0.5, 0.6) is 11.6 Å². The molecule has 2 N–H and O–H groups in total. The Hall–Kier alpha value is -3.35. The lowest BCUT2D eigenvalue weighted by molar-refractivity contribution is -0.112. The topological polar surface area (TPSA) is 93.3 Å². The van der Waals surface area contributed by atoms with Crippen molar-refractivity contribution in [1.29, 1.82) is 0 Å². The van der Waals surface area contributed by atoms with Crippen LogP contribution in [0, 0.1) is 6.92 Å². The van der Waals surface area contributed by atoms with Crippen LogP contribution >= 0.6 is 0 Å². The monoisotopic (exact) mass is 339 g/mol. The van der Waals surface area contributed by atoms with Gasteiger partial charge >= 0.3 is 0 Å². The van der Waals surface area contributed by atoms with Gasteiger partial charge in [0.15, 0.2) is 0 Å². The number of methoxy groups -OCH3 is 2. The van der Waals surface area contributed by atoms with Crippen LogP contribution in [-0.4, -0.2) is 35.9 Å². The fraction of sp³-hybridized carbons (Fsp3) is 0.167. The summed E-state index contributed by atoms with van der Waals surface area (Å²) < 4.78 is 10.2. The van der Waals surface area contributed by atoms with E-state index in [2.05, 4.69) is 15.3 Å². The minimum atomic E-state index is -0.736. The van der Waals surface area contributed by atoms with E-state index in [-0.39, 0.29) is 0 Å². The number of carbonyl (C=O) groups excluding carboxylic acids is 2. The Labute approximate surface area is 144 Å². The number of nitrogens with zero attached hydrogens (tertiary/aromatic N) is 1.